The number of carbonyl (C=O) groups excluding carboxylic acids is 3. The molecule has 0 saturated heterocycles. The molecule has 1 N–H and O–H groups in total. The molecule has 0 unspecified atom stereocenters. The Kier molecular flexibility index (Phi) is 3.91. The molecule has 2 aliphatic rings. The quantitative estimate of drug-likeness (QED) is 0.646. The number of hydrogen-bond acceptors (Lipinski definition) is 5. The minimum atomic E-state index is -0.861. The maximum atomic E-state index is 14.7. The van der Waals surface area contributed by atoms with Crippen LogP contribution in [0.2, 0.25) is 0 Å². The number of halogens is 1. The summed E-state index contributed by atoms with van der Waals surface area (Å²) in [5.74, 6) is -2.79. The van der Waals surface area contributed by atoms with Gasteiger partial charge < -0.3 is 9.72 Å². The lowest BCUT2D eigenvalue weighted by molar-refractivity contribution is -0.120. The number of rotatable bonds is 2. The summed E-state index contributed by atoms with van der Waals surface area (Å²) in [6.45, 7) is 0. The van der Waals surface area contributed by atoms with Crippen LogP contribution in [0.15, 0.2) is 34.1 Å². The number of esters is 1. The number of imide groups is 1. The van der Waals surface area contributed by atoms with Crippen LogP contribution in [0.5, 0.6) is 0 Å². The van der Waals surface area contributed by atoms with Gasteiger partial charge in [0.15, 0.2) is 5.43 Å². The third-order valence-corrected chi connectivity index (χ3v) is 4.94. The molecule has 0 bridgehead atoms. The largest absolute Gasteiger partial charge is 0.464 e. The number of fused-ring (bicyclic) bond motifs is 1. The Hall–Kier alpha value is -3.29. The molecule has 138 valence electrons. The lowest BCUT2D eigenvalue weighted by atomic mass is 9.93. The minimum Gasteiger partial charge on any atom is -0.464 e. The predicted octanol–water partition coefficient (Wildman–Crippen LogP) is 2.20. The van der Waals surface area contributed by atoms with Gasteiger partial charge in [0.1, 0.15) is 17.2 Å². The number of nitrogens with zero attached hydrogens (tertiary/aromatic N) is 1. The van der Waals surface area contributed by atoms with Crippen LogP contribution in [-0.4, -0.2) is 29.9 Å². The number of pyridine rings is 1. The van der Waals surface area contributed by atoms with Gasteiger partial charge in [-0.25, -0.2) is 14.1 Å². The van der Waals surface area contributed by atoms with E-state index in [0.717, 1.165) is 29.9 Å². The van der Waals surface area contributed by atoms with Crippen molar-refractivity contribution in [1.29, 1.82) is 0 Å². The van der Waals surface area contributed by atoms with Gasteiger partial charge in [-0.15, -0.1) is 0 Å². The molecular weight excluding hydrogens is 355 g/mol. The Morgan fingerprint density at radius 3 is 2.33 bits per heavy atom. The van der Waals surface area contributed by atoms with Crippen LogP contribution in [0.25, 0.3) is 10.9 Å². The van der Waals surface area contributed by atoms with Crippen molar-refractivity contribution in [2.75, 3.05) is 12.0 Å². The Morgan fingerprint density at radius 2 is 1.74 bits per heavy atom. The lowest BCUT2D eigenvalue weighted by Crippen LogP contribution is -2.33. The highest BCUT2D eigenvalue weighted by molar-refractivity contribution is 6.34. The van der Waals surface area contributed by atoms with E-state index in [4.69, 9.17) is 0 Å². The highest BCUT2D eigenvalue weighted by Gasteiger charge is 2.41. The molecule has 2 aromatic rings. The summed E-state index contributed by atoms with van der Waals surface area (Å²) < 4.78 is 19.3. The monoisotopic (exact) mass is 370 g/mol. The lowest BCUT2D eigenvalue weighted by Gasteiger charge is -2.18. The van der Waals surface area contributed by atoms with Gasteiger partial charge in [-0.1, -0.05) is 0 Å². The van der Waals surface area contributed by atoms with Crippen LogP contribution >= 0.6 is 0 Å². The summed E-state index contributed by atoms with van der Waals surface area (Å²) in [4.78, 5) is 53.3. The van der Waals surface area contributed by atoms with E-state index in [-0.39, 0.29) is 22.3 Å². The molecule has 1 aromatic carbocycles. The van der Waals surface area contributed by atoms with Gasteiger partial charge in [0.05, 0.1) is 18.0 Å². The minimum absolute atomic E-state index is 0.107. The van der Waals surface area contributed by atoms with E-state index in [2.05, 4.69) is 9.72 Å². The molecule has 0 radical (unpaired) electrons. The molecule has 1 aliphatic heterocycles. The van der Waals surface area contributed by atoms with Crippen molar-refractivity contribution in [1.82, 2.24) is 4.98 Å². The highest BCUT2D eigenvalue weighted by atomic mass is 19.1. The molecule has 0 saturated carbocycles. The van der Waals surface area contributed by atoms with E-state index >= 15 is 0 Å². The first kappa shape index (κ1) is 17.1. The van der Waals surface area contributed by atoms with Gasteiger partial charge in [0, 0.05) is 17.2 Å². The molecule has 1 aromatic heterocycles. The summed E-state index contributed by atoms with van der Waals surface area (Å²) >= 11 is 0. The third kappa shape index (κ3) is 2.48. The molecule has 27 heavy (non-hydrogen) atoms. The number of benzene rings is 1. The highest BCUT2D eigenvalue weighted by Crippen LogP contribution is 2.38. The first-order valence-corrected chi connectivity index (χ1v) is 8.48. The van der Waals surface area contributed by atoms with E-state index in [0.29, 0.717) is 24.0 Å². The second-order valence-electron chi connectivity index (χ2n) is 6.47. The van der Waals surface area contributed by atoms with Crippen LogP contribution < -0.4 is 10.3 Å². The van der Waals surface area contributed by atoms with Crippen LogP contribution in [0.3, 0.4) is 0 Å². The van der Waals surface area contributed by atoms with Gasteiger partial charge in [-0.05, 0) is 37.8 Å². The summed E-state index contributed by atoms with van der Waals surface area (Å²) in [5.41, 5.74) is -0.261. The number of amides is 2. The summed E-state index contributed by atoms with van der Waals surface area (Å²) in [5, 5.41) is -0.163. The number of anilines is 1. The molecule has 0 atom stereocenters. The van der Waals surface area contributed by atoms with E-state index < -0.39 is 29.0 Å². The first-order valence-electron chi connectivity index (χ1n) is 8.48. The first-order chi connectivity index (χ1) is 12.9. The summed E-state index contributed by atoms with van der Waals surface area (Å²) in [7, 11) is 1.17. The molecule has 1 aliphatic carbocycles. The zero-order valence-electron chi connectivity index (χ0n) is 14.4. The SMILES string of the molecule is COC(=O)c1cc(=O)c2c(N3C(=O)C4=C(CCCC4)C3=O)c(F)ccc2[nH]1. The zero-order chi connectivity index (χ0) is 19.3. The fourth-order valence-corrected chi connectivity index (χ4v) is 3.68. The fraction of sp³-hybridized carbons (Fsp3) is 0.263. The molecule has 0 fully saturated rings. The van der Waals surface area contributed by atoms with Crippen LogP contribution in [0, 0.1) is 5.82 Å². The smallest absolute Gasteiger partial charge is 0.354 e. The van der Waals surface area contributed by atoms with Crippen molar-refractivity contribution in [3.63, 3.8) is 0 Å². The Labute approximate surface area is 152 Å². The topological polar surface area (TPSA) is 96.5 Å². The number of carbonyl (C=O) groups is 3. The van der Waals surface area contributed by atoms with Crippen molar-refractivity contribution >= 4 is 34.4 Å². The van der Waals surface area contributed by atoms with E-state index in [1.165, 1.54) is 13.2 Å². The van der Waals surface area contributed by atoms with Gasteiger partial charge in [-0.2, -0.15) is 0 Å². The maximum Gasteiger partial charge on any atom is 0.354 e. The number of ether oxygens (including phenoxy) is 1. The predicted molar refractivity (Wildman–Crippen MR) is 93.9 cm³/mol. The number of hydrogen-bond donors (Lipinski definition) is 1. The molecule has 8 heteroatoms. The maximum absolute atomic E-state index is 14.7. The standard InChI is InChI=1S/C19H15FN2O5/c1-27-19(26)13-8-14(23)15-12(21-13)7-6-11(20)16(15)22-17(24)9-4-2-3-5-10(9)18(22)25/h6-8H,2-5H2,1H3,(H,21,23). The molecule has 2 heterocycles. The molecule has 4 rings (SSSR count). The molecule has 7 nitrogen and oxygen atoms in total. The van der Waals surface area contributed by atoms with Crippen LogP contribution in [0.4, 0.5) is 10.1 Å². The van der Waals surface area contributed by atoms with E-state index in [1.54, 1.807) is 0 Å². The third-order valence-electron chi connectivity index (χ3n) is 4.94. The van der Waals surface area contributed by atoms with Crippen molar-refractivity contribution in [2.24, 2.45) is 0 Å². The number of H-pyrrole nitrogens is 1. The number of aromatic nitrogens is 1. The van der Waals surface area contributed by atoms with Crippen LogP contribution in [0.1, 0.15) is 36.2 Å². The van der Waals surface area contributed by atoms with Gasteiger partial charge in [0.25, 0.3) is 11.8 Å². The zero-order valence-corrected chi connectivity index (χ0v) is 14.4. The van der Waals surface area contributed by atoms with Crippen molar-refractivity contribution in [3.05, 3.63) is 51.1 Å². The molecular formula is C19H15FN2O5. The summed E-state index contributed by atoms with van der Waals surface area (Å²) in [6, 6.07) is 3.29. The second kappa shape index (κ2) is 6.15. The number of aromatic amines is 1. The van der Waals surface area contributed by atoms with E-state index in [1.807, 2.05) is 0 Å². The average molecular weight is 370 g/mol. The van der Waals surface area contributed by atoms with Crippen LogP contribution in [-0.2, 0) is 14.3 Å². The van der Waals surface area contributed by atoms with E-state index in [9.17, 15) is 23.6 Å². The average Bonchev–Trinajstić information content (AvgIpc) is 2.92. The molecule has 0 spiro atoms. The van der Waals surface area contributed by atoms with Crippen molar-refractivity contribution in [2.45, 2.75) is 25.7 Å². The Morgan fingerprint density at radius 1 is 1.11 bits per heavy atom. The summed E-state index contributed by atoms with van der Waals surface area (Å²) in [6.07, 6.45) is 2.50. The fourth-order valence-electron chi connectivity index (χ4n) is 3.68. The van der Waals surface area contributed by atoms with Gasteiger partial charge in [-0.3, -0.25) is 14.4 Å². The number of methoxy groups -OCH3 is 1. The van der Waals surface area contributed by atoms with Gasteiger partial charge in [0.2, 0.25) is 0 Å². The Bertz CT molecular complexity index is 1090. The van der Waals surface area contributed by atoms with Crippen molar-refractivity contribution in [3.8, 4) is 0 Å². The van der Waals surface area contributed by atoms with Gasteiger partial charge >= 0.3 is 5.97 Å². The normalized spacial score (nSPS) is 16.9. The Balaban J connectivity index is 1.94. The second-order valence-corrected chi connectivity index (χ2v) is 6.47. The number of nitrogens with one attached hydrogen (secondary N) is 1. The molecule has 2 amide bonds. The van der Waals surface area contributed by atoms with Crippen molar-refractivity contribution < 1.29 is 23.5 Å².